The van der Waals surface area contributed by atoms with Gasteiger partial charge in [-0.2, -0.15) is 9.97 Å². The SMILES string of the molecule is C=CCNc1cc(N2CCN(C(=O)OCC3CCCN3C(=O)C3(C(=O)OCC)CCCC3)CC2)nc(NCC=C)n1. The number of nitrogens with one attached hydrogen (secondary N) is 2. The van der Waals surface area contributed by atoms with Crippen LogP contribution < -0.4 is 15.5 Å². The van der Waals surface area contributed by atoms with Crippen molar-refractivity contribution in [3.05, 3.63) is 31.4 Å². The molecule has 0 aromatic carbocycles. The molecule has 1 aliphatic carbocycles. The molecule has 0 radical (unpaired) electrons. The van der Waals surface area contributed by atoms with Gasteiger partial charge in [-0.15, -0.1) is 13.2 Å². The number of piperazine rings is 1. The Labute approximate surface area is 242 Å². The topological polar surface area (TPSA) is 129 Å². The molecule has 1 saturated carbocycles. The minimum Gasteiger partial charge on any atom is -0.465 e. The highest BCUT2D eigenvalue weighted by molar-refractivity contribution is 6.03. The van der Waals surface area contributed by atoms with E-state index >= 15 is 0 Å². The maximum Gasteiger partial charge on any atom is 0.409 e. The summed E-state index contributed by atoms with van der Waals surface area (Å²) in [6.07, 6.45) is 7.36. The summed E-state index contributed by atoms with van der Waals surface area (Å²) < 4.78 is 11.0. The fourth-order valence-corrected chi connectivity index (χ4v) is 5.79. The predicted octanol–water partition coefficient (Wildman–Crippen LogP) is 3.05. The standard InChI is InChI=1S/C29H43N7O5/c1-4-13-30-23-20-24(33-27(32-23)31-14-5-2)34-16-18-35(19-17-34)28(39)41-21-22-10-9-15-36(22)25(37)29(11-7-8-12-29)26(38)40-6-3/h4-5,20,22H,1-2,6-19,21H2,3H3,(H2,30,31,32,33). The molecular weight excluding hydrogens is 526 g/mol. The van der Waals surface area contributed by atoms with Gasteiger partial charge in [0.15, 0.2) is 0 Å². The normalized spacial score (nSPS) is 19.9. The van der Waals surface area contributed by atoms with Crippen LogP contribution in [0.2, 0.25) is 0 Å². The Hall–Kier alpha value is -3.83. The number of hydrogen-bond acceptors (Lipinski definition) is 10. The largest absolute Gasteiger partial charge is 0.465 e. The fourth-order valence-electron chi connectivity index (χ4n) is 5.79. The lowest BCUT2D eigenvalue weighted by atomic mass is 9.84. The van der Waals surface area contributed by atoms with Gasteiger partial charge in [0.05, 0.1) is 12.6 Å². The highest BCUT2D eigenvalue weighted by Gasteiger charge is 2.52. The van der Waals surface area contributed by atoms with Crippen molar-refractivity contribution in [2.24, 2.45) is 5.41 Å². The number of rotatable bonds is 12. The van der Waals surface area contributed by atoms with Crippen LogP contribution in [0.1, 0.15) is 45.4 Å². The van der Waals surface area contributed by atoms with E-state index in [0.717, 1.165) is 31.5 Å². The molecule has 1 unspecified atom stereocenters. The van der Waals surface area contributed by atoms with Crippen molar-refractivity contribution in [3.63, 3.8) is 0 Å². The number of likely N-dealkylation sites (tertiary alicyclic amines) is 1. The number of ether oxygens (including phenoxy) is 2. The van der Waals surface area contributed by atoms with E-state index in [1.165, 1.54) is 0 Å². The molecule has 3 fully saturated rings. The number of anilines is 3. The number of carbonyl (C=O) groups is 3. The summed E-state index contributed by atoms with van der Waals surface area (Å²) in [5, 5.41) is 6.34. The Bertz CT molecular complexity index is 1070. The van der Waals surface area contributed by atoms with Crippen molar-refractivity contribution in [1.29, 1.82) is 0 Å². The summed E-state index contributed by atoms with van der Waals surface area (Å²) in [5.74, 6) is 1.34. The van der Waals surface area contributed by atoms with E-state index in [4.69, 9.17) is 9.47 Å². The molecule has 224 valence electrons. The zero-order valence-electron chi connectivity index (χ0n) is 24.1. The van der Waals surface area contributed by atoms with Crippen molar-refractivity contribution >= 4 is 35.6 Å². The second-order valence-electron chi connectivity index (χ2n) is 10.6. The van der Waals surface area contributed by atoms with Crippen LogP contribution in [-0.2, 0) is 19.1 Å². The average molecular weight is 570 g/mol. The quantitative estimate of drug-likeness (QED) is 0.220. The number of amides is 2. The molecule has 1 aromatic heterocycles. The zero-order chi connectivity index (χ0) is 29.2. The molecule has 0 bridgehead atoms. The van der Waals surface area contributed by atoms with E-state index in [-0.39, 0.29) is 25.2 Å². The van der Waals surface area contributed by atoms with Gasteiger partial charge in [-0.3, -0.25) is 9.59 Å². The molecule has 1 aromatic rings. The van der Waals surface area contributed by atoms with Gasteiger partial charge in [0.25, 0.3) is 0 Å². The van der Waals surface area contributed by atoms with Crippen LogP contribution in [-0.4, -0.2) is 103 Å². The Morgan fingerprint density at radius 1 is 1.00 bits per heavy atom. The second-order valence-corrected chi connectivity index (χ2v) is 10.6. The maximum absolute atomic E-state index is 13.6. The van der Waals surface area contributed by atoms with Gasteiger partial charge >= 0.3 is 12.1 Å². The lowest BCUT2D eigenvalue weighted by molar-refractivity contribution is -0.165. The van der Waals surface area contributed by atoms with Crippen LogP contribution in [0.5, 0.6) is 0 Å². The van der Waals surface area contributed by atoms with Gasteiger partial charge < -0.3 is 34.8 Å². The molecule has 1 atom stereocenters. The number of aromatic nitrogens is 2. The second kappa shape index (κ2) is 14.2. The van der Waals surface area contributed by atoms with Gasteiger partial charge in [-0.1, -0.05) is 25.0 Å². The van der Waals surface area contributed by atoms with Crippen LogP contribution in [0, 0.1) is 5.41 Å². The van der Waals surface area contributed by atoms with E-state index in [9.17, 15) is 14.4 Å². The minimum atomic E-state index is -1.10. The number of carbonyl (C=O) groups excluding carboxylic acids is 3. The summed E-state index contributed by atoms with van der Waals surface area (Å²) in [4.78, 5) is 54.1. The molecule has 4 rings (SSSR count). The zero-order valence-corrected chi connectivity index (χ0v) is 24.1. The van der Waals surface area contributed by atoms with Crippen LogP contribution in [0.25, 0.3) is 0 Å². The molecule has 2 amide bonds. The van der Waals surface area contributed by atoms with Crippen LogP contribution in [0.3, 0.4) is 0 Å². The molecule has 3 heterocycles. The summed E-state index contributed by atoms with van der Waals surface area (Å²) in [6.45, 7) is 13.4. The summed E-state index contributed by atoms with van der Waals surface area (Å²) in [5.41, 5.74) is -1.10. The fraction of sp³-hybridized carbons (Fsp3) is 0.621. The third kappa shape index (κ3) is 7.09. The summed E-state index contributed by atoms with van der Waals surface area (Å²) in [6, 6.07) is 1.65. The van der Waals surface area contributed by atoms with Crippen molar-refractivity contribution in [3.8, 4) is 0 Å². The van der Waals surface area contributed by atoms with Crippen molar-refractivity contribution in [2.45, 2.75) is 51.5 Å². The summed E-state index contributed by atoms with van der Waals surface area (Å²) >= 11 is 0. The molecular formula is C29H43N7O5. The molecule has 2 N–H and O–H groups in total. The van der Waals surface area contributed by atoms with Crippen molar-refractivity contribution < 1.29 is 23.9 Å². The van der Waals surface area contributed by atoms with Crippen molar-refractivity contribution in [1.82, 2.24) is 19.8 Å². The van der Waals surface area contributed by atoms with Crippen LogP contribution in [0.15, 0.2) is 31.4 Å². The first-order valence-electron chi connectivity index (χ1n) is 14.7. The Kier molecular flexibility index (Phi) is 10.4. The van der Waals surface area contributed by atoms with Gasteiger partial charge in [0.1, 0.15) is 23.7 Å². The van der Waals surface area contributed by atoms with Gasteiger partial charge in [-0.05, 0) is 32.6 Å². The summed E-state index contributed by atoms with van der Waals surface area (Å²) in [7, 11) is 0. The lowest BCUT2D eigenvalue weighted by Gasteiger charge is -2.36. The van der Waals surface area contributed by atoms with E-state index < -0.39 is 17.5 Å². The van der Waals surface area contributed by atoms with Crippen molar-refractivity contribution in [2.75, 3.05) is 74.6 Å². The van der Waals surface area contributed by atoms with E-state index in [1.54, 1.807) is 28.9 Å². The van der Waals surface area contributed by atoms with E-state index in [0.29, 0.717) is 70.4 Å². The van der Waals surface area contributed by atoms with Gasteiger partial charge in [0.2, 0.25) is 11.9 Å². The molecule has 41 heavy (non-hydrogen) atoms. The number of hydrogen-bond donors (Lipinski definition) is 2. The predicted molar refractivity (Wildman–Crippen MR) is 157 cm³/mol. The molecule has 12 heteroatoms. The smallest absolute Gasteiger partial charge is 0.409 e. The Morgan fingerprint density at radius 3 is 2.39 bits per heavy atom. The molecule has 12 nitrogen and oxygen atoms in total. The third-order valence-electron chi connectivity index (χ3n) is 7.98. The van der Waals surface area contributed by atoms with Gasteiger partial charge in [0, 0.05) is 51.9 Å². The average Bonchev–Trinajstić information content (AvgIpc) is 3.68. The first-order valence-corrected chi connectivity index (χ1v) is 14.7. The molecule has 3 aliphatic rings. The number of esters is 1. The monoisotopic (exact) mass is 569 g/mol. The lowest BCUT2D eigenvalue weighted by Crippen LogP contribution is -2.52. The third-order valence-corrected chi connectivity index (χ3v) is 7.98. The van der Waals surface area contributed by atoms with Crippen LogP contribution >= 0.6 is 0 Å². The van der Waals surface area contributed by atoms with E-state index in [1.807, 2.05) is 6.07 Å². The highest BCUT2D eigenvalue weighted by atomic mass is 16.6. The number of nitrogens with zero attached hydrogens (tertiary/aromatic N) is 5. The van der Waals surface area contributed by atoms with Gasteiger partial charge in [-0.25, -0.2) is 4.79 Å². The highest BCUT2D eigenvalue weighted by Crippen LogP contribution is 2.42. The molecule has 0 spiro atoms. The van der Waals surface area contributed by atoms with E-state index in [2.05, 4.69) is 38.7 Å². The Morgan fingerprint density at radius 2 is 1.71 bits per heavy atom. The molecule has 2 saturated heterocycles. The Balaban J connectivity index is 1.31. The first kappa shape index (κ1) is 30.1. The first-order chi connectivity index (χ1) is 19.9. The van der Waals surface area contributed by atoms with Crippen LogP contribution in [0.4, 0.5) is 22.4 Å². The maximum atomic E-state index is 13.6. The molecule has 2 aliphatic heterocycles. The minimum absolute atomic E-state index is 0.117.